The van der Waals surface area contributed by atoms with Crippen LogP contribution in [-0.2, 0) is 0 Å². The highest BCUT2D eigenvalue weighted by molar-refractivity contribution is 6.55. The van der Waals surface area contributed by atoms with Crippen LogP contribution in [0.3, 0.4) is 0 Å². The van der Waals surface area contributed by atoms with Crippen LogP contribution in [0.4, 0.5) is 17.6 Å². The average Bonchev–Trinajstić information content (AvgIpc) is 2.40. The molecule has 0 bridgehead atoms. The van der Waals surface area contributed by atoms with Gasteiger partial charge in [-0.1, -0.05) is 13.6 Å². The molecule has 20 heavy (non-hydrogen) atoms. The molecule has 0 saturated heterocycles. The van der Waals surface area contributed by atoms with Gasteiger partial charge in [-0.2, -0.15) is 0 Å². The molecule has 0 fully saturated rings. The first kappa shape index (κ1) is 16.1. The fraction of sp³-hybridized carbons (Fsp3) is 0.200. The molecule has 1 aromatic rings. The van der Waals surface area contributed by atoms with Crippen molar-refractivity contribution in [3.05, 3.63) is 34.4 Å². The summed E-state index contributed by atoms with van der Waals surface area (Å²) in [6.07, 6.45) is 0. The van der Waals surface area contributed by atoms with Gasteiger partial charge >= 0.3 is 5.97 Å². The van der Waals surface area contributed by atoms with Gasteiger partial charge in [-0.15, -0.1) is 0 Å². The summed E-state index contributed by atoms with van der Waals surface area (Å²) in [5.74, 6) is -12.1. The first-order valence-electron chi connectivity index (χ1n) is 5.28. The van der Waals surface area contributed by atoms with E-state index in [1.165, 1.54) is 13.6 Å². The minimum atomic E-state index is -2.29. The molecule has 0 atom stereocenters. The van der Waals surface area contributed by atoms with Crippen molar-refractivity contribution in [1.82, 2.24) is 4.72 Å². The van der Waals surface area contributed by atoms with Gasteiger partial charge < -0.3 is 9.83 Å². The van der Waals surface area contributed by atoms with Crippen LogP contribution in [-0.4, -0.2) is 36.5 Å². The third kappa shape index (κ3) is 2.50. The molecule has 0 heterocycles. The number of aromatic carboxylic acids is 1. The summed E-state index contributed by atoms with van der Waals surface area (Å²) in [7, 11) is 2.24. The molecule has 1 aromatic carbocycles. The molecule has 104 valence electrons. The van der Waals surface area contributed by atoms with Crippen molar-refractivity contribution in [1.29, 1.82) is 0 Å². The Hall–Kier alpha value is -1.99. The second-order valence-electron chi connectivity index (χ2n) is 3.54. The fourth-order valence-electron chi connectivity index (χ4n) is 1.55. The van der Waals surface area contributed by atoms with Crippen LogP contribution in [0, 0.1) is 23.3 Å². The number of benzene rings is 1. The smallest absolute Gasteiger partial charge is 0.339 e. The number of carbonyl (C=O) groups is 2. The van der Waals surface area contributed by atoms with Crippen molar-refractivity contribution in [3.63, 3.8) is 0 Å². The van der Waals surface area contributed by atoms with Gasteiger partial charge in [-0.05, 0) is 0 Å². The Morgan fingerprint density at radius 3 is 1.65 bits per heavy atom. The Morgan fingerprint density at radius 2 is 1.30 bits per heavy atom. The number of hydrogen-bond donors (Lipinski definition) is 1. The Kier molecular flexibility index (Phi) is 4.80. The Bertz CT molecular complexity index is 578. The number of rotatable bonds is 4. The molecule has 1 N–H and O–H groups in total. The highest BCUT2D eigenvalue weighted by Gasteiger charge is 2.33. The fourth-order valence-corrected chi connectivity index (χ4v) is 1.55. The van der Waals surface area contributed by atoms with Gasteiger partial charge in [0.2, 0.25) is 20.7 Å². The van der Waals surface area contributed by atoms with Crippen LogP contribution in [0.15, 0.2) is 0 Å². The second-order valence-corrected chi connectivity index (χ2v) is 3.54. The molecule has 0 unspecified atom stereocenters. The topological polar surface area (TPSA) is 57.6 Å². The van der Waals surface area contributed by atoms with E-state index in [4.69, 9.17) is 5.11 Å². The van der Waals surface area contributed by atoms with Crippen LogP contribution in [0.5, 0.6) is 0 Å². The second kappa shape index (κ2) is 5.98. The van der Waals surface area contributed by atoms with Crippen LogP contribution >= 0.6 is 0 Å². The highest BCUT2D eigenvalue weighted by Crippen LogP contribution is 2.25. The lowest BCUT2D eigenvalue weighted by Crippen LogP contribution is -2.37. The summed E-state index contributed by atoms with van der Waals surface area (Å²) in [5, 5.41) is 8.78. The van der Waals surface area contributed by atoms with Crippen molar-refractivity contribution < 1.29 is 32.3 Å². The molecule has 2 radical (unpaired) electrons. The SMILES string of the molecule is C[B]N([B]C)C(=O)c1c(F)c(F)c(F)c(F)c1C(=O)O. The van der Waals surface area contributed by atoms with E-state index >= 15 is 0 Å². The van der Waals surface area contributed by atoms with E-state index in [-0.39, 0.29) is 0 Å². The summed E-state index contributed by atoms with van der Waals surface area (Å²) in [6, 6.07) is 0. The van der Waals surface area contributed by atoms with Crippen molar-refractivity contribution in [2.75, 3.05) is 0 Å². The van der Waals surface area contributed by atoms with Crippen LogP contribution < -0.4 is 0 Å². The predicted octanol–water partition coefficient (Wildman–Crippen LogP) is 1.72. The van der Waals surface area contributed by atoms with Gasteiger partial charge in [-0.3, -0.25) is 4.79 Å². The van der Waals surface area contributed by atoms with E-state index in [0.717, 1.165) is 14.8 Å². The van der Waals surface area contributed by atoms with Crippen LogP contribution in [0.2, 0.25) is 13.6 Å². The van der Waals surface area contributed by atoms with Gasteiger partial charge in [0.25, 0.3) is 0 Å². The lowest BCUT2D eigenvalue weighted by Gasteiger charge is -2.20. The van der Waals surface area contributed by atoms with Crippen LogP contribution in [0.25, 0.3) is 0 Å². The van der Waals surface area contributed by atoms with E-state index in [0.29, 0.717) is 4.72 Å². The molecular formula is C10H7B2F4NO3. The minimum Gasteiger partial charge on any atom is -0.478 e. The van der Waals surface area contributed by atoms with Crippen molar-refractivity contribution >= 4 is 26.7 Å². The maximum absolute atomic E-state index is 13.6. The zero-order valence-corrected chi connectivity index (χ0v) is 10.4. The summed E-state index contributed by atoms with van der Waals surface area (Å²) in [6.45, 7) is 2.71. The molecule has 0 saturated carbocycles. The molecule has 0 aromatic heterocycles. The maximum Gasteiger partial charge on any atom is 0.339 e. The van der Waals surface area contributed by atoms with E-state index in [1.807, 2.05) is 0 Å². The molecular weight excluding hydrogens is 280 g/mol. The number of carboxylic acids is 1. The molecule has 0 aliphatic carbocycles. The van der Waals surface area contributed by atoms with Crippen LogP contribution in [0.1, 0.15) is 20.7 Å². The molecule has 10 heteroatoms. The monoisotopic (exact) mass is 287 g/mol. The zero-order chi connectivity index (χ0) is 15.6. The van der Waals surface area contributed by atoms with Gasteiger partial charge in [-0.25, -0.2) is 22.4 Å². The van der Waals surface area contributed by atoms with Gasteiger partial charge in [0, 0.05) is 0 Å². The largest absolute Gasteiger partial charge is 0.478 e. The van der Waals surface area contributed by atoms with E-state index in [9.17, 15) is 27.2 Å². The molecule has 4 nitrogen and oxygen atoms in total. The molecule has 0 spiro atoms. The van der Waals surface area contributed by atoms with Gasteiger partial charge in [0.05, 0.1) is 5.56 Å². The summed E-state index contributed by atoms with van der Waals surface area (Å²) >= 11 is 0. The number of carbonyl (C=O) groups excluding carboxylic acids is 1. The number of halogens is 4. The molecule has 0 aliphatic heterocycles. The summed E-state index contributed by atoms with van der Waals surface area (Å²) < 4.78 is 53.9. The van der Waals surface area contributed by atoms with E-state index in [2.05, 4.69) is 0 Å². The van der Waals surface area contributed by atoms with Crippen molar-refractivity contribution in [2.45, 2.75) is 13.6 Å². The highest BCUT2D eigenvalue weighted by atomic mass is 19.2. The summed E-state index contributed by atoms with van der Waals surface area (Å²) in [5.41, 5.74) is -2.94. The normalized spacial score (nSPS) is 10.1. The van der Waals surface area contributed by atoms with Gasteiger partial charge in [0.15, 0.2) is 23.3 Å². The summed E-state index contributed by atoms with van der Waals surface area (Å²) in [4.78, 5) is 22.7. The number of amides is 1. The maximum atomic E-state index is 13.6. The molecule has 1 rings (SSSR count). The number of nitrogens with zero attached hydrogens (tertiary/aromatic N) is 1. The van der Waals surface area contributed by atoms with E-state index < -0.39 is 46.3 Å². The third-order valence-corrected chi connectivity index (χ3v) is 2.49. The van der Waals surface area contributed by atoms with E-state index in [1.54, 1.807) is 0 Å². The van der Waals surface area contributed by atoms with Crippen molar-refractivity contribution in [3.8, 4) is 0 Å². The lowest BCUT2D eigenvalue weighted by molar-refractivity contribution is 0.0681. The third-order valence-electron chi connectivity index (χ3n) is 2.49. The Balaban J connectivity index is 3.68. The quantitative estimate of drug-likeness (QED) is 0.397. The Labute approximate surface area is 112 Å². The molecule has 0 aliphatic rings. The standard InChI is InChI=1S/C10H7B2F4NO3/c1-11-17(12-2)9(18)3-4(10(19)20)6(14)8(16)7(15)5(3)13/h1-2H3,(H,19,20). The number of hydrogen-bond acceptors (Lipinski definition) is 2. The minimum absolute atomic E-state index is 0.710. The first-order chi connectivity index (χ1) is 9.27. The van der Waals surface area contributed by atoms with Gasteiger partial charge in [0.1, 0.15) is 5.56 Å². The first-order valence-corrected chi connectivity index (χ1v) is 5.28. The zero-order valence-electron chi connectivity index (χ0n) is 10.4. The number of carboxylic acid groups (broad SMARTS) is 1. The van der Waals surface area contributed by atoms with Crippen molar-refractivity contribution in [2.24, 2.45) is 0 Å². The predicted molar refractivity (Wildman–Crippen MR) is 62.6 cm³/mol. The molecule has 1 amide bonds. The lowest BCUT2D eigenvalue weighted by atomic mass is 9.79. The Morgan fingerprint density at radius 1 is 0.900 bits per heavy atom. The average molecular weight is 287 g/mol.